The molecule has 0 aromatic rings. The van der Waals surface area contributed by atoms with Gasteiger partial charge in [0.05, 0.1) is 6.10 Å². The summed E-state index contributed by atoms with van der Waals surface area (Å²) < 4.78 is 5.20. The number of amides is 1. The number of rotatable bonds is 2. The molecule has 1 heterocycles. The average Bonchev–Trinajstić information content (AvgIpc) is 2.82. The molecule has 1 aliphatic carbocycles. The number of nitrogens with zero attached hydrogens (tertiary/aromatic N) is 1. The fourth-order valence-electron chi connectivity index (χ4n) is 1.71. The van der Waals surface area contributed by atoms with Gasteiger partial charge in [0, 0.05) is 26.1 Å². The van der Waals surface area contributed by atoms with Crippen LogP contribution in [0.1, 0.15) is 19.3 Å². The Morgan fingerprint density at radius 1 is 1.42 bits per heavy atom. The highest BCUT2D eigenvalue weighted by atomic mass is 16.5. The monoisotopic (exact) mass is 169 g/mol. The number of carbonyl (C=O) groups excluding carboxylic acids is 1. The predicted molar refractivity (Wildman–Crippen MR) is 44.7 cm³/mol. The number of hydrogen-bond acceptors (Lipinski definition) is 2. The predicted octanol–water partition coefficient (Wildman–Crippen LogP) is 0.644. The van der Waals surface area contributed by atoms with Gasteiger partial charge in [-0.05, 0) is 19.3 Å². The SMILES string of the molecule is COC1CCN(C(=O)C2CC2)C1. The van der Waals surface area contributed by atoms with Gasteiger partial charge in [0.1, 0.15) is 0 Å². The third-order valence-corrected chi connectivity index (χ3v) is 2.72. The maximum atomic E-state index is 11.5. The molecule has 68 valence electrons. The second kappa shape index (κ2) is 3.05. The number of likely N-dealkylation sites (tertiary alicyclic amines) is 1. The molecular weight excluding hydrogens is 154 g/mol. The second-order valence-corrected chi connectivity index (χ2v) is 3.70. The highest BCUT2D eigenvalue weighted by Crippen LogP contribution is 2.32. The Morgan fingerprint density at radius 2 is 2.17 bits per heavy atom. The van der Waals surface area contributed by atoms with Crippen LogP contribution in [0.15, 0.2) is 0 Å². The first kappa shape index (κ1) is 8.05. The van der Waals surface area contributed by atoms with E-state index in [1.807, 2.05) is 4.90 Å². The van der Waals surface area contributed by atoms with E-state index >= 15 is 0 Å². The first-order chi connectivity index (χ1) is 5.81. The van der Waals surface area contributed by atoms with E-state index in [2.05, 4.69) is 0 Å². The van der Waals surface area contributed by atoms with Crippen LogP contribution in [0.2, 0.25) is 0 Å². The smallest absolute Gasteiger partial charge is 0.225 e. The van der Waals surface area contributed by atoms with Crippen LogP contribution >= 0.6 is 0 Å². The Bertz CT molecular complexity index is 189. The Hall–Kier alpha value is -0.570. The van der Waals surface area contributed by atoms with E-state index in [0.29, 0.717) is 11.8 Å². The zero-order chi connectivity index (χ0) is 8.55. The van der Waals surface area contributed by atoms with Crippen molar-refractivity contribution in [1.82, 2.24) is 4.90 Å². The van der Waals surface area contributed by atoms with Crippen LogP contribution < -0.4 is 0 Å². The van der Waals surface area contributed by atoms with Gasteiger partial charge in [0.2, 0.25) is 5.91 Å². The summed E-state index contributed by atoms with van der Waals surface area (Å²) in [6, 6.07) is 0. The lowest BCUT2D eigenvalue weighted by atomic mass is 10.3. The van der Waals surface area contributed by atoms with Crippen molar-refractivity contribution in [3.63, 3.8) is 0 Å². The number of ether oxygens (including phenoxy) is 1. The summed E-state index contributed by atoms with van der Waals surface area (Å²) in [6.07, 6.45) is 3.50. The molecular formula is C9H15NO2. The Labute approximate surface area is 72.7 Å². The summed E-state index contributed by atoms with van der Waals surface area (Å²) >= 11 is 0. The van der Waals surface area contributed by atoms with E-state index in [0.717, 1.165) is 32.4 Å². The standard InChI is InChI=1S/C9H15NO2/c1-12-8-4-5-10(6-8)9(11)7-2-3-7/h7-8H,2-6H2,1H3. The minimum Gasteiger partial charge on any atom is -0.380 e. The van der Waals surface area contributed by atoms with Gasteiger partial charge >= 0.3 is 0 Å². The molecule has 0 radical (unpaired) electrons. The Morgan fingerprint density at radius 3 is 2.67 bits per heavy atom. The zero-order valence-electron chi connectivity index (χ0n) is 7.45. The molecule has 3 nitrogen and oxygen atoms in total. The van der Waals surface area contributed by atoms with Gasteiger partial charge in [-0.3, -0.25) is 4.79 Å². The average molecular weight is 169 g/mol. The fraction of sp³-hybridized carbons (Fsp3) is 0.889. The molecule has 1 amide bonds. The molecule has 2 aliphatic rings. The van der Waals surface area contributed by atoms with E-state index in [4.69, 9.17) is 4.74 Å². The van der Waals surface area contributed by atoms with E-state index < -0.39 is 0 Å². The molecule has 1 unspecified atom stereocenters. The number of hydrogen-bond donors (Lipinski definition) is 0. The van der Waals surface area contributed by atoms with Gasteiger partial charge < -0.3 is 9.64 Å². The zero-order valence-corrected chi connectivity index (χ0v) is 7.45. The molecule has 0 N–H and O–H groups in total. The maximum absolute atomic E-state index is 11.5. The lowest BCUT2D eigenvalue weighted by Gasteiger charge is -2.15. The summed E-state index contributed by atoms with van der Waals surface area (Å²) in [5.41, 5.74) is 0. The van der Waals surface area contributed by atoms with Crippen LogP contribution in [0.3, 0.4) is 0 Å². The molecule has 2 fully saturated rings. The van der Waals surface area contributed by atoms with E-state index in [9.17, 15) is 4.79 Å². The van der Waals surface area contributed by atoms with Gasteiger partial charge in [-0.15, -0.1) is 0 Å². The number of methoxy groups -OCH3 is 1. The number of carbonyl (C=O) groups is 1. The van der Waals surface area contributed by atoms with Crippen molar-refractivity contribution in [2.75, 3.05) is 20.2 Å². The summed E-state index contributed by atoms with van der Waals surface area (Å²) in [7, 11) is 1.72. The molecule has 1 saturated heterocycles. The lowest BCUT2D eigenvalue weighted by molar-refractivity contribution is -0.131. The molecule has 2 rings (SSSR count). The quantitative estimate of drug-likeness (QED) is 0.607. The third-order valence-electron chi connectivity index (χ3n) is 2.72. The van der Waals surface area contributed by atoms with Crippen LogP contribution in [0.4, 0.5) is 0 Å². The van der Waals surface area contributed by atoms with Crippen molar-refractivity contribution in [3.8, 4) is 0 Å². The third kappa shape index (κ3) is 1.46. The van der Waals surface area contributed by atoms with E-state index in [1.54, 1.807) is 7.11 Å². The first-order valence-corrected chi connectivity index (χ1v) is 4.63. The minimum absolute atomic E-state index is 0.285. The minimum atomic E-state index is 0.285. The molecule has 1 atom stereocenters. The Balaban J connectivity index is 1.85. The van der Waals surface area contributed by atoms with Crippen LogP contribution in [-0.2, 0) is 9.53 Å². The summed E-state index contributed by atoms with van der Waals surface area (Å²) in [5, 5.41) is 0. The van der Waals surface area contributed by atoms with Crippen LogP contribution in [0.5, 0.6) is 0 Å². The van der Waals surface area contributed by atoms with Crippen molar-refractivity contribution >= 4 is 5.91 Å². The first-order valence-electron chi connectivity index (χ1n) is 4.63. The summed E-state index contributed by atoms with van der Waals surface area (Å²) in [6.45, 7) is 1.71. The molecule has 0 aromatic heterocycles. The van der Waals surface area contributed by atoms with Crippen LogP contribution in [-0.4, -0.2) is 37.1 Å². The highest BCUT2D eigenvalue weighted by molar-refractivity contribution is 5.81. The Kier molecular flexibility index (Phi) is 2.05. The van der Waals surface area contributed by atoms with E-state index in [-0.39, 0.29) is 6.10 Å². The van der Waals surface area contributed by atoms with Gasteiger partial charge in [-0.25, -0.2) is 0 Å². The van der Waals surface area contributed by atoms with Crippen molar-refractivity contribution < 1.29 is 9.53 Å². The topological polar surface area (TPSA) is 29.5 Å². The maximum Gasteiger partial charge on any atom is 0.225 e. The molecule has 1 aliphatic heterocycles. The fourth-order valence-corrected chi connectivity index (χ4v) is 1.71. The van der Waals surface area contributed by atoms with Crippen LogP contribution in [0, 0.1) is 5.92 Å². The molecule has 0 bridgehead atoms. The normalized spacial score (nSPS) is 29.4. The van der Waals surface area contributed by atoms with Gasteiger partial charge in [-0.2, -0.15) is 0 Å². The van der Waals surface area contributed by atoms with E-state index in [1.165, 1.54) is 0 Å². The van der Waals surface area contributed by atoms with Crippen LogP contribution in [0.25, 0.3) is 0 Å². The largest absolute Gasteiger partial charge is 0.380 e. The molecule has 12 heavy (non-hydrogen) atoms. The van der Waals surface area contributed by atoms with Crippen molar-refractivity contribution in [2.24, 2.45) is 5.92 Å². The van der Waals surface area contributed by atoms with Gasteiger partial charge in [0.15, 0.2) is 0 Å². The summed E-state index contributed by atoms with van der Waals surface area (Å²) in [4.78, 5) is 13.5. The molecule has 1 saturated carbocycles. The van der Waals surface area contributed by atoms with Gasteiger partial charge in [0.25, 0.3) is 0 Å². The van der Waals surface area contributed by atoms with Gasteiger partial charge in [-0.1, -0.05) is 0 Å². The molecule has 0 spiro atoms. The molecule has 0 aromatic carbocycles. The lowest BCUT2D eigenvalue weighted by Crippen LogP contribution is -2.31. The second-order valence-electron chi connectivity index (χ2n) is 3.70. The van der Waals surface area contributed by atoms with Crippen molar-refractivity contribution in [3.05, 3.63) is 0 Å². The molecule has 3 heteroatoms. The van der Waals surface area contributed by atoms with Crippen molar-refractivity contribution in [1.29, 1.82) is 0 Å². The summed E-state index contributed by atoms with van der Waals surface area (Å²) in [5.74, 6) is 0.718. The highest BCUT2D eigenvalue weighted by Gasteiger charge is 2.36. The van der Waals surface area contributed by atoms with Crippen molar-refractivity contribution in [2.45, 2.75) is 25.4 Å².